The van der Waals surface area contributed by atoms with Crippen molar-refractivity contribution in [2.75, 3.05) is 0 Å². The fourth-order valence-corrected chi connectivity index (χ4v) is 5.74. The zero-order valence-corrected chi connectivity index (χ0v) is 19.8. The first-order valence-corrected chi connectivity index (χ1v) is 11.9. The van der Waals surface area contributed by atoms with Crippen molar-refractivity contribution in [3.8, 4) is 0 Å². The van der Waals surface area contributed by atoms with Gasteiger partial charge in [-0.1, -0.05) is 104 Å². The van der Waals surface area contributed by atoms with E-state index in [1.54, 1.807) is 0 Å². The molecule has 4 atom stereocenters. The van der Waals surface area contributed by atoms with Gasteiger partial charge in [0.05, 0.1) is 0 Å². The molecule has 0 radical (unpaired) electrons. The van der Waals surface area contributed by atoms with Gasteiger partial charge < -0.3 is 0 Å². The van der Waals surface area contributed by atoms with E-state index in [1.807, 2.05) is 0 Å². The average Bonchev–Trinajstić information content (AvgIpc) is 2.34. The van der Waals surface area contributed by atoms with E-state index < -0.39 is 0 Å². The molecule has 108 valence electrons. The predicted molar refractivity (Wildman–Crippen MR) is 117 cm³/mol. The molecule has 0 heterocycles. The molecular formula is C14H24I4. The SMILES string of the molecule is CC1CC(I)C1.CC1CCC1I.IC1CCC1I. The summed E-state index contributed by atoms with van der Waals surface area (Å²) in [4.78, 5) is 0. The van der Waals surface area contributed by atoms with Gasteiger partial charge in [-0.05, 0) is 50.4 Å². The van der Waals surface area contributed by atoms with Crippen LogP contribution < -0.4 is 0 Å². The summed E-state index contributed by atoms with van der Waals surface area (Å²) in [6.45, 7) is 4.63. The zero-order chi connectivity index (χ0) is 13.7. The summed E-state index contributed by atoms with van der Waals surface area (Å²) in [6, 6.07) is 0. The van der Waals surface area contributed by atoms with Crippen molar-refractivity contribution >= 4 is 90.4 Å². The van der Waals surface area contributed by atoms with E-state index in [9.17, 15) is 0 Å². The van der Waals surface area contributed by atoms with Gasteiger partial charge in [0.25, 0.3) is 0 Å². The Kier molecular flexibility index (Phi) is 10.4. The van der Waals surface area contributed by atoms with Crippen molar-refractivity contribution in [3.63, 3.8) is 0 Å². The second-order valence-electron chi connectivity index (χ2n) is 5.85. The highest BCUT2D eigenvalue weighted by Gasteiger charge is 2.24. The lowest BCUT2D eigenvalue weighted by molar-refractivity contribution is 0.373. The summed E-state index contributed by atoms with van der Waals surface area (Å²) in [5, 5.41) is 0. The molecule has 3 aliphatic rings. The molecule has 3 fully saturated rings. The molecule has 0 aliphatic heterocycles. The van der Waals surface area contributed by atoms with Gasteiger partial charge in [0.2, 0.25) is 0 Å². The minimum Gasteiger partial charge on any atom is -0.0826 e. The van der Waals surface area contributed by atoms with E-state index >= 15 is 0 Å². The molecule has 0 spiro atoms. The van der Waals surface area contributed by atoms with Crippen molar-refractivity contribution in [3.05, 3.63) is 0 Å². The highest BCUT2D eigenvalue weighted by atomic mass is 127. The largest absolute Gasteiger partial charge is 0.0826 e. The van der Waals surface area contributed by atoms with Crippen molar-refractivity contribution < 1.29 is 0 Å². The van der Waals surface area contributed by atoms with Gasteiger partial charge >= 0.3 is 0 Å². The van der Waals surface area contributed by atoms with Crippen molar-refractivity contribution in [2.24, 2.45) is 11.8 Å². The Bertz CT molecular complexity index is 190. The van der Waals surface area contributed by atoms with Crippen LogP contribution in [0, 0.1) is 11.8 Å². The van der Waals surface area contributed by atoms with Gasteiger partial charge in [-0.15, -0.1) is 0 Å². The van der Waals surface area contributed by atoms with Crippen molar-refractivity contribution in [1.29, 1.82) is 0 Å². The van der Waals surface area contributed by atoms with Gasteiger partial charge in [0.1, 0.15) is 0 Å². The molecule has 0 saturated heterocycles. The Labute approximate surface area is 168 Å². The first-order chi connectivity index (χ1) is 8.40. The fraction of sp³-hybridized carbons (Fsp3) is 1.00. The quantitative estimate of drug-likeness (QED) is 0.192. The van der Waals surface area contributed by atoms with E-state index in [1.165, 1.54) is 38.5 Å². The second kappa shape index (κ2) is 9.84. The molecule has 0 amide bonds. The lowest BCUT2D eigenvalue weighted by Gasteiger charge is -2.27. The van der Waals surface area contributed by atoms with E-state index in [4.69, 9.17) is 0 Å². The van der Waals surface area contributed by atoms with Crippen LogP contribution in [0.5, 0.6) is 0 Å². The maximum Gasteiger partial charge on any atom is 0.0228 e. The smallest absolute Gasteiger partial charge is 0.0228 e. The first-order valence-electron chi connectivity index (χ1n) is 6.96. The maximum atomic E-state index is 2.52. The summed E-state index contributed by atoms with van der Waals surface area (Å²) >= 11 is 10.1. The lowest BCUT2D eigenvalue weighted by Crippen LogP contribution is -2.24. The average molecular weight is 700 g/mol. The number of rotatable bonds is 0. The summed E-state index contributed by atoms with van der Waals surface area (Å²) in [6.07, 6.45) is 8.75. The highest BCUT2D eigenvalue weighted by molar-refractivity contribution is 14.1. The predicted octanol–water partition coefficient (Wildman–Crippen LogP) is 6.83. The monoisotopic (exact) mass is 700 g/mol. The molecule has 3 aliphatic carbocycles. The summed E-state index contributed by atoms with van der Waals surface area (Å²) in [5.41, 5.74) is 0. The van der Waals surface area contributed by atoms with Crippen LogP contribution in [0.25, 0.3) is 0 Å². The van der Waals surface area contributed by atoms with Crippen LogP contribution in [-0.2, 0) is 0 Å². The number of halogens is 4. The number of alkyl halides is 4. The molecule has 0 aromatic heterocycles. The minimum atomic E-state index is 0.989. The Morgan fingerprint density at radius 2 is 1.06 bits per heavy atom. The van der Waals surface area contributed by atoms with Gasteiger partial charge in [-0.2, -0.15) is 0 Å². The molecule has 0 aromatic carbocycles. The van der Waals surface area contributed by atoms with Gasteiger partial charge in [0.15, 0.2) is 0 Å². The van der Waals surface area contributed by atoms with Gasteiger partial charge in [0, 0.05) is 15.7 Å². The normalized spacial score (nSPS) is 45.0. The standard InChI is InChI=1S/2C5H9I.C4H6I2/c1-4-2-5(6)3-4;1-4-2-3-5(4)6;5-3-1-2-4(3)6/h2*4-5H,2-3H2,1H3;3-4H,1-2H2. The van der Waals surface area contributed by atoms with Gasteiger partial charge in [-0.3, -0.25) is 0 Å². The van der Waals surface area contributed by atoms with E-state index in [0.29, 0.717) is 0 Å². The van der Waals surface area contributed by atoms with Crippen LogP contribution in [0.1, 0.15) is 52.4 Å². The molecule has 18 heavy (non-hydrogen) atoms. The van der Waals surface area contributed by atoms with Crippen LogP contribution in [-0.4, -0.2) is 15.7 Å². The molecule has 0 N–H and O–H groups in total. The van der Waals surface area contributed by atoms with Crippen molar-refractivity contribution in [2.45, 2.75) is 68.1 Å². The first kappa shape index (κ1) is 19.0. The fourth-order valence-electron chi connectivity index (χ4n) is 1.85. The topological polar surface area (TPSA) is 0 Å². The van der Waals surface area contributed by atoms with Crippen LogP contribution >= 0.6 is 90.4 Å². The lowest BCUT2D eigenvalue weighted by atomic mass is 9.87. The summed E-state index contributed by atoms with van der Waals surface area (Å²) < 4.78 is 3.99. The molecular weight excluding hydrogens is 676 g/mol. The summed E-state index contributed by atoms with van der Waals surface area (Å²) in [7, 11) is 0. The molecule has 3 saturated carbocycles. The highest BCUT2D eigenvalue weighted by Crippen LogP contribution is 2.34. The summed E-state index contributed by atoms with van der Waals surface area (Å²) in [5.74, 6) is 2.05. The van der Waals surface area contributed by atoms with Crippen molar-refractivity contribution in [1.82, 2.24) is 0 Å². The second-order valence-corrected chi connectivity index (χ2v) is 12.4. The molecule has 4 heteroatoms. The van der Waals surface area contributed by atoms with Crippen LogP contribution in [0.3, 0.4) is 0 Å². The molecule has 0 aromatic rings. The Balaban J connectivity index is 0.000000135. The minimum absolute atomic E-state index is 0.989. The third-order valence-electron chi connectivity index (χ3n) is 3.94. The third-order valence-corrected chi connectivity index (χ3v) is 11.2. The molecule has 3 rings (SSSR count). The van der Waals surface area contributed by atoms with E-state index in [0.717, 1.165) is 27.5 Å². The maximum absolute atomic E-state index is 2.52. The van der Waals surface area contributed by atoms with Crippen LogP contribution in [0.15, 0.2) is 0 Å². The Morgan fingerprint density at radius 3 is 1.06 bits per heavy atom. The number of hydrogen-bond donors (Lipinski definition) is 0. The molecule has 0 nitrogen and oxygen atoms in total. The Hall–Kier alpha value is 2.92. The third kappa shape index (κ3) is 7.26. The molecule has 4 unspecified atom stereocenters. The Morgan fingerprint density at radius 1 is 0.667 bits per heavy atom. The van der Waals surface area contributed by atoms with E-state index in [-0.39, 0.29) is 0 Å². The van der Waals surface area contributed by atoms with Gasteiger partial charge in [-0.25, -0.2) is 0 Å². The van der Waals surface area contributed by atoms with Crippen LogP contribution in [0.2, 0.25) is 0 Å². The van der Waals surface area contributed by atoms with Crippen LogP contribution in [0.4, 0.5) is 0 Å². The van der Waals surface area contributed by atoms with E-state index in [2.05, 4.69) is 104 Å². The molecule has 0 bridgehead atoms. The zero-order valence-electron chi connectivity index (χ0n) is 11.2. The number of hydrogen-bond acceptors (Lipinski definition) is 0.